The van der Waals surface area contributed by atoms with E-state index in [4.69, 9.17) is 5.73 Å². The molecule has 0 bridgehead atoms. The minimum Gasteiger partial charge on any atom is -0.370 e. The summed E-state index contributed by atoms with van der Waals surface area (Å²) in [6.45, 7) is 0.370. The number of nitrogens with two attached hydrogens (primary N) is 1. The van der Waals surface area contributed by atoms with Gasteiger partial charge >= 0.3 is 0 Å². The van der Waals surface area contributed by atoms with Crippen LogP contribution < -0.4 is 10.6 Å². The Morgan fingerprint density at radius 2 is 2.14 bits per heavy atom. The quantitative estimate of drug-likeness (QED) is 0.925. The number of fused-ring (bicyclic) bond motifs is 1. The zero-order valence-electron chi connectivity index (χ0n) is 12.0. The van der Waals surface area contributed by atoms with E-state index in [9.17, 15) is 8.42 Å². The smallest absolute Gasteiger partial charge is 0.152 e. The second-order valence-electron chi connectivity index (χ2n) is 5.52. The molecular formula is C15H19N3O2S. The molecule has 1 atom stereocenters. The fraction of sp³-hybridized carbons (Fsp3) is 0.400. The van der Waals surface area contributed by atoms with Crippen LogP contribution in [-0.2, 0) is 16.4 Å². The summed E-state index contributed by atoms with van der Waals surface area (Å²) in [6, 6.07) is 9.86. The van der Waals surface area contributed by atoms with Crippen molar-refractivity contribution in [2.45, 2.75) is 19.0 Å². The first-order valence-corrected chi connectivity index (χ1v) is 8.84. The van der Waals surface area contributed by atoms with Crippen molar-refractivity contribution in [3.63, 3.8) is 0 Å². The molecule has 0 aliphatic carbocycles. The molecule has 1 unspecified atom stereocenters. The Morgan fingerprint density at radius 3 is 2.81 bits per heavy atom. The lowest BCUT2D eigenvalue weighted by atomic mass is 10.1. The molecule has 5 nitrogen and oxygen atoms in total. The zero-order valence-corrected chi connectivity index (χ0v) is 12.8. The molecule has 0 spiro atoms. The first kappa shape index (κ1) is 14.3. The van der Waals surface area contributed by atoms with Crippen molar-refractivity contribution >= 4 is 26.4 Å². The SMILES string of the molecule is CN(c1cc(CN)nc2ccccc12)C1CCS(=O)(=O)C1. The van der Waals surface area contributed by atoms with Crippen molar-refractivity contribution < 1.29 is 8.42 Å². The second-order valence-corrected chi connectivity index (χ2v) is 7.75. The molecule has 0 radical (unpaired) electrons. The highest BCUT2D eigenvalue weighted by molar-refractivity contribution is 7.91. The van der Waals surface area contributed by atoms with E-state index >= 15 is 0 Å². The number of anilines is 1. The molecule has 3 rings (SSSR count). The molecule has 1 fully saturated rings. The minimum atomic E-state index is -2.90. The van der Waals surface area contributed by atoms with E-state index < -0.39 is 9.84 Å². The Hall–Kier alpha value is -1.66. The van der Waals surface area contributed by atoms with Crippen LogP contribution >= 0.6 is 0 Å². The molecule has 0 saturated carbocycles. The Labute approximate surface area is 124 Å². The Morgan fingerprint density at radius 1 is 1.38 bits per heavy atom. The zero-order chi connectivity index (χ0) is 15.0. The van der Waals surface area contributed by atoms with Gasteiger partial charge in [-0.1, -0.05) is 18.2 Å². The molecule has 112 valence electrons. The maximum atomic E-state index is 11.7. The normalized spacial score (nSPS) is 20.8. The summed E-state index contributed by atoms with van der Waals surface area (Å²) >= 11 is 0. The van der Waals surface area contributed by atoms with Gasteiger partial charge in [-0.3, -0.25) is 4.98 Å². The van der Waals surface area contributed by atoms with Crippen molar-refractivity contribution in [2.24, 2.45) is 5.73 Å². The van der Waals surface area contributed by atoms with Gasteiger partial charge in [-0.25, -0.2) is 8.42 Å². The number of sulfone groups is 1. The number of benzene rings is 1. The molecule has 1 saturated heterocycles. The van der Waals surface area contributed by atoms with Crippen molar-refractivity contribution in [1.29, 1.82) is 0 Å². The van der Waals surface area contributed by atoms with Gasteiger partial charge in [-0.15, -0.1) is 0 Å². The third-order valence-corrected chi connectivity index (χ3v) is 5.84. The average Bonchev–Trinajstić information content (AvgIpc) is 2.85. The first-order valence-electron chi connectivity index (χ1n) is 7.02. The van der Waals surface area contributed by atoms with Crippen LogP contribution in [0.5, 0.6) is 0 Å². The number of pyridine rings is 1. The Bertz CT molecular complexity index is 774. The van der Waals surface area contributed by atoms with E-state index in [-0.39, 0.29) is 17.5 Å². The predicted molar refractivity (Wildman–Crippen MR) is 85.1 cm³/mol. The largest absolute Gasteiger partial charge is 0.370 e. The van der Waals surface area contributed by atoms with Crippen LogP contribution in [-0.4, -0.2) is 38.0 Å². The van der Waals surface area contributed by atoms with Gasteiger partial charge in [0.05, 0.1) is 22.7 Å². The molecule has 0 amide bonds. The van der Waals surface area contributed by atoms with Gasteiger partial charge in [0.2, 0.25) is 0 Å². The summed E-state index contributed by atoms with van der Waals surface area (Å²) in [6.07, 6.45) is 0.674. The summed E-state index contributed by atoms with van der Waals surface area (Å²) in [5, 5.41) is 1.03. The highest BCUT2D eigenvalue weighted by Gasteiger charge is 2.31. The molecule has 21 heavy (non-hydrogen) atoms. The lowest BCUT2D eigenvalue weighted by Crippen LogP contribution is -2.32. The van der Waals surface area contributed by atoms with Crippen LogP contribution in [0.2, 0.25) is 0 Å². The fourth-order valence-electron chi connectivity index (χ4n) is 2.88. The Balaban J connectivity index is 2.06. The third-order valence-electron chi connectivity index (χ3n) is 4.09. The molecule has 2 aromatic rings. The number of para-hydroxylation sites is 1. The summed E-state index contributed by atoms with van der Waals surface area (Å²) < 4.78 is 23.4. The monoisotopic (exact) mass is 305 g/mol. The van der Waals surface area contributed by atoms with Crippen LogP contribution in [0.25, 0.3) is 10.9 Å². The molecule has 6 heteroatoms. The third kappa shape index (κ3) is 2.73. The van der Waals surface area contributed by atoms with Gasteiger partial charge in [0, 0.05) is 30.7 Å². The molecule has 2 heterocycles. The summed E-state index contributed by atoms with van der Waals surface area (Å²) in [5.41, 5.74) is 8.44. The van der Waals surface area contributed by atoms with Gasteiger partial charge in [-0.05, 0) is 18.6 Å². The van der Waals surface area contributed by atoms with E-state index in [0.29, 0.717) is 13.0 Å². The minimum absolute atomic E-state index is 0.0198. The summed E-state index contributed by atoms with van der Waals surface area (Å²) in [5.74, 6) is 0.493. The highest BCUT2D eigenvalue weighted by atomic mass is 32.2. The van der Waals surface area contributed by atoms with Gasteiger partial charge in [0.15, 0.2) is 9.84 Å². The summed E-state index contributed by atoms with van der Waals surface area (Å²) in [4.78, 5) is 6.59. The van der Waals surface area contributed by atoms with Gasteiger partial charge in [0.1, 0.15) is 0 Å². The van der Waals surface area contributed by atoms with Crippen molar-refractivity contribution in [3.05, 3.63) is 36.0 Å². The molecule has 1 aliphatic rings. The van der Waals surface area contributed by atoms with Gasteiger partial charge < -0.3 is 10.6 Å². The lowest BCUT2D eigenvalue weighted by Gasteiger charge is -2.27. The topological polar surface area (TPSA) is 76.3 Å². The van der Waals surface area contributed by atoms with Crippen LogP contribution in [0.4, 0.5) is 5.69 Å². The van der Waals surface area contributed by atoms with E-state index in [1.165, 1.54) is 0 Å². The van der Waals surface area contributed by atoms with Crippen molar-refractivity contribution in [2.75, 3.05) is 23.5 Å². The number of aromatic nitrogens is 1. The molecule has 1 aromatic heterocycles. The van der Waals surface area contributed by atoms with Crippen molar-refractivity contribution in [1.82, 2.24) is 4.98 Å². The fourth-order valence-corrected chi connectivity index (χ4v) is 4.66. The maximum absolute atomic E-state index is 11.7. The van der Waals surface area contributed by atoms with E-state index in [1.807, 2.05) is 37.4 Å². The molecular weight excluding hydrogens is 286 g/mol. The first-order chi connectivity index (χ1) is 10.00. The van der Waals surface area contributed by atoms with Crippen molar-refractivity contribution in [3.8, 4) is 0 Å². The predicted octanol–water partition coefficient (Wildman–Crippen LogP) is 1.32. The number of rotatable bonds is 3. The summed E-state index contributed by atoms with van der Waals surface area (Å²) in [7, 11) is -0.947. The maximum Gasteiger partial charge on any atom is 0.152 e. The standard InChI is InChI=1S/C15H19N3O2S/c1-18(12-6-7-21(19,20)10-12)15-8-11(9-16)17-14-5-3-2-4-13(14)15/h2-5,8,12H,6-7,9-10,16H2,1H3. The van der Waals surface area contributed by atoms with E-state index in [1.54, 1.807) is 0 Å². The lowest BCUT2D eigenvalue weighted by molar-refractivity contribution is 0.601. The van der Waals surface area contributed by atoms with Gasteiger partial charge in [0.25, 0.3) is 0 Å². The number of nitrogens with zero attached hydrogens (tertiary/aromatic N) is 2. The van der Waals surface area contributed by atoms with E-state index in [2.05, 4.69) is 9.88 Å². The molecule has 2 N–H and O–H groups in total. The highest BCUT2D eigenvalue weighted by Crippen LogP contribution is 2.30. The Kier molecular flexibility index (Phi) is 3.59. The second kappa shape index (κ2) is 5.27. The van der Waals surface area contributed by atoms with Crippen LogP contribution in [0.15, 0.2) is 30.3 Å². The number of hydrogen-bond donors (Lipinski definition) is 1. The van der Waals surface area contributed by atoms with Crippen LogP contribution in [0.3, 0.4) is 0 Å². The van der Waals surface area contributed by atoms with Crippen LogP contribution in [0.1, 0.15) is 12.1 Å². The molecule has 1 aliphatic heterocycles. The van der Waals surface area contributed by atoms with Gasteiger partial charge in [-0.2, -0.15) is 0 Å². The van der Waals surface area contributed by atoms with E-state index in [0.717, 1.165) is 22.3 Å². The number of hydrogen-bond acceptors (Lipinski definition) is 5. The van der Waals surface area contributed by atoms with Crippen LogP contribution in [0, 0.1) is 0 Å². The average molecular weight is 305 g/mol. The molecule has 1 aromatic carbocycles.